The molecule has 23 heavy (non-hydrogen) atoms. The molecular weight excluding hydrogens is 280 g/mol. The van der Waals surface area contributed by atoms with Gasteiger partial charge < -0.3 is 0 Å². The second kappa shape index (κ2) is 5.65. The van der Waals surface area contributed by atoms with Crippen molar-refractivity contribution in [3.8, 4) is 22.5 Å². The van der Waals surface area contributed by atoms with E-state index < -0.39 is 0 Å². The predicted molar refractivity (Wildman–Crippen MR) is 95.1 cm³/mol. The lowest BCUT2D eigenvalue weighted by atomic mass is 10.0. The first-order chi connectivity index (χ1) is 11.3. The van der Waals surface area contributed by atoms with Crippen molar-refractivity contribution in [2.45, 2.75) is 6.92 Å². The summed E-state index contributed by atoms with van der Waals surface area (Å²) < 4.78 is 0. The quantitative estimate of drug-likeness (QED) is 0.503. The van der Waals surface area contributed by atoms with E-state index in [-0.39, 0.29) is 0 Å². The maximum atomic E-state index is 4.67. The normalized spacial score (nSPS) is 10.8. The summed E-state index contributed by atoms with van der Waals surface area (Å²) >= 11 is 0. The summed E-state index contributed by atoms with van der Waals surface area (Å²) in [5.41, 5.74) is 4.18. The van der Waals surface area contributed by atoms with Gasteiger partial charge in [0.2, 0.25) is 0 Å². The van der Waals surface area contributed by atoms with Crippen molar-refractivity contribution in [3.05, 3.63) is 84.7 Å². The Bertz CT molecular complexity index is 970. The fraction of sp³-hybridized carbons (Fsp3) is 0.0476. The van der Waals surface area contributed by atoms with E-state index in [1.807, 2.05) is 25.1 Å². The molecule has 0 radical (unpaired) electrons. The van der Waals surface area contributed by atoms with Crippen LogP contribution in [0.5, 0.6) is 0 Å². The monoisotopic (exact) mass is 296 g/mol. The fourth-order valence-electron chi connectivity index (χ4n) is 2.91. The third kappa shape index (κ3) is 2.59. The van der Waals surface area contributed by atoms with E-state index in [1.54, 1.807) is 0 Å². The minimum atomic E-state index is 0.786. The Morgan fingerprint density at radius 2 is 1.35 bits per heavy atom. The highest BCUT2D eigenvalue weighted by molar-refractivity contribution is 5.96. The Morgan fingerprint density at radius 3 is 2.22 bits per heavy atom. The SMILES string of the molecule is Cc1nc(-c2ccccc2)cc(-c2cccc3ccccc23)n1. The standard InChI is InChI=1S/C21H16N2/c1-15-22-20(17-9-3-2-4-10-17)14-21(23-15)19-13-7-11-16-8-5-6-12-18(16)19/h2-14H,1H3. The molecule has 0 aliphatic carbocycles. The number of aromatic nitrogens is 2. The molecule has 0 atom stereocenters. The van der Waals surface area contributed by atoms with Crippen LogP contribution in [0.1, 0.15) is 5.82 Å². The highest BCUT2D eigenvalue weighted by atomic mass is 14.9. The number of hydrogen-bond donors (Lipinski definition) is 0. The van der Waals surface area contributed by atoms with Crippen LogP contribution in [0.25, 0.3) is 33.3 Å². The van der Waals surface area contributed by atoms with Crippen molar-refractivity contribution in [2.75, 3.05) is 0 Å². The van der Waals surface area contributed by atoms with Gasteiger partial charge in [-0.3, -0.25) is 0 Å². The van der Waals surface area contributed by atoms with Crippen LogP contribution in [0, 0.1) is 6.92 Å². The van der Waals surface area contributed by atoms with E-state index in [1.165, 1.54) is 10.8 Å². The average molecular weight is 296 g/mol. The number of benzene rings is 3. The zero-order chi connectivity index (χ0) is 15.6. The molecule has 2 nitrogen and oxygen atoms in total. The lowest BCUT2D eigenvalue weighted by molar-refractivity contribution is 1.06. The van der Waals surface area contributed by atoms with Crippen molar-refractivity contribution < 1.29 is 0 Å². The number of aryl methyl sites for hydroxylation is 1. The van der Waals surface area contributed by atoms with Gasteiger partial charge in [0.25, 0.3) is 0 Å². The molecule has 110 valence electrons. The third-order valence-corrected chi connectivity index (χ3v) is 3.97. The molecule has 1 heterocycles. The van der Waals surface area contributed by atoms with Gasteiger partial charge in [0.15, 0.2) is 0 Å². The first kappa shape index (κ1) is 13.6. The van der Waals surface area contributed by atoms with Crippen LogP contribution in [0.2, 0.25) is 0 Å². The average Bonchev–Trinajstić information content (AvgIpc) is 2.61. The summed E-state index contributed by atoms with van der Waals surface area (Å²) in [5.74, 6) is 0.786. The number of hydrogen-bond acceptors (Lipinski definition) is 2. The van der Waals surface area contributed by atoms with Gasteiger partial charge in [-0.1, -0.05) is 72.8 Å². The molecule has 0 aliphatic rings. The molecule has 0 saturated heterocycles. The minimum absolute atomic E-state index is 0.786. The summed E-state index contributed by atoms with van der Waals surface area (Å²) in [6, 6.07) is 27.0. The molecular formula is C21H16N2. The van der Waals surface area contributed by atoms with Crippen molar-refractivity contribution in [3.63, 3.8) is 0 Å². The van der Waals surface area contributed by atoms with E-state index >= 15 is 0 Å². The highest BCUT2D eigenvalue weighted by Gasteiger charge is 2.09. The largest absolute Gasteiger partial charge is 0.233 e. The Labute approximate surface area is 135 Å². The van der Waals surface area contributed by atoms with E-state index in [0.29, 0.717) is 0 Å². The van der Waals surface area contributed by atoms with Crippen LogP contribution in [0.15, 0.2) is 78.9 Å². The smallest absolute Gasteiger partial charge is 0.126 e. The first-order valence-corrected chi connectivity index (χ1v) is 7.70. The molecule has 0 amide bonds. The van der Waals surface area contributed by atoms with Gasteiger partial charge >= 0.3 is 0 Å². The van der Waals surface area contributed by atoms with Crippen molar-refractivity contribution >= 4 is 10.8 Å². The molecule has 0 spiro atoms. The van der Waals surface area contributed by atoms with Crippen LogP contribution >= 0.6 is 0 Å². The third-order valence-electron chi connectivity index (χ3n) is 3.97. The Balaban J connectivity index is 1.94. The summed E-state index contributed by atoms with van der Waals surface area (Å²) in [7, 11) is 0. The van der Waals surface area contributed by atoms with E-state index in [4.69, 9.17) is 0 Å². The molecule has 3 aromatic carbocycles. The maximum absolute atomic E-state index is 4.67. The number of nitrogens with zero attached hydrogens (tertiary/aromatic N) is 2. The van der Waals surface area contributed by atoms with E-state index in [2.05, 4.69) is 70.6 Å². The Morgan fingerprint density at radius 1 is 0.652 bits per heavy atom. The van der Waals surface area contributed by atoms with Gasteiger partial charge in [-0.2, -0.15) is 0 Å². The van der Waals surface area contributed by atoms with Crippen LogP contribution in [-0.2, 0) is 0 Å². The minimum Gasteiger partial charge on any atom is -0.233 e. The van der Waals surface area contributed by atoms with Crippen LogP contribution < -0.4 is 0 Å². The van der Waals surface area contributed by atoms with Gasteiger partial charge in [-0.05, 0) is 23.8 Å². The Kier molecular flexibility index (Phi) is 3.35. The molecule has 0 N–H and O–H groups in total. The molecule has 0 aliphatic heterocycles. The second-order valence-corrected chi connectivity index (χ2v) is 5.58. The maximum Gasteiger partial charge on any atom is 0.126 e. The highest BCUT2D eigenvalue weighted by Crippen LogP contribution is 2.29. The Hall–Kier alpha value is -3.00. The molecule has 1 aromatic heterocycles. The zero-order valence-corrected chi connectivity index (χ0v) is 12.9. The molecule has 0 saturated carbocycles. The molecule has 2 heteroatoms. The summed E-state index contributed by atoms with van der Waals surface area (Å²) in [6.07, 6.45) is 0. The van der Waals surface area contributed by atoms with Crippen molar-refractivity contribution in [2.24, 2.45) is 0 Å². The lowest BCUT2D eigenvalue weighted by Gasteiger charge is -2.09. The predicted octanol–water partition coefficient (Wildman–Crippen LogP) is 5.27. The molecule has 4 rings (SSSR count). The molecule has 0 unspecified atom stereocenters. The topological polar surface area (TPSA) is 25.8 Å². The van der Waals surface area contributed by atoms with Gasteiger partial charge in [-0.25, -0.2) is 9.97 Å². The van der Waals surface area contributed by atoms with Crippen LogP contribution in [0.3, 0.4) is 0 Å². The van der Waals surface area contributed by atoms with Gasteiger partial charge in [-0.15, -0.1) is 0 Å². The molecule has 0 fully saturated rings. The van der Waals surface area contributed by atoms with E-state index in [9.17, 15) is 0 Å². The number of fused-ring (bicyclic) bond motifs is 1. The fourth-order valence-corrected chi connectivity index (χ4v) is 2.91. The number of rotatable bonds is 2. The van der Waals surface area contributed by atoms with Gasteiger partial charge in [0.05, 0.1) is 11.4 Å². The second-order valence-electron chi connectivity index (χ2n) is 5.58. The van der Waals surface area contributed by atoms with E-state index in [0.717, 1.165) is 28.3 Å². The summed E-state index contributed by atoms with van der Waals surface area (Å²) in [4.78, 5) is 9.27. The first-order valence-electron chi connectivity index (χ1n) is 7.70. The lowest BCUT2D eigenvalue weighted by Crippen LogP contribution is -1.95. The van der Waals surface area contributed by atoms with Crippen molar-refractivity contribution in [1.29, 1.82) is 0 Å². The summed E-state index contributed by atoms with van der Waals surface area (Å²) in [5, 5.41) is 2.44. The van der Waals surface area contributed by atoms with Crippen molar-refractivity contribution in [1.82, 2.24) is 9.97 Å². The molecule has 4 aromatic rings. The zero-order valence-electron chi connectivity index (χ0n) is 12.9. The van der Waals surface area contributed by atoms with Crippen LogP contribution in [0.4, 0.5) is 0 Å². The van der Waals surface area contributed by atoms with Crippen LogP contribution in [-0.4, -0.2) is 9.97 Å². The van der Waals surface area contributed by atoms with Gasteiger partial charge in [0, 0.05) is 11.1 Å². The van der Waals surface area contributed by atoms with Gasteiger partial charge in [0.1, 0.15) is 5.82 Å². The molecule has 0 bridgehead atoms. The summed E-state index contributed by atoms with van der Waals surface area (Å²) in [6.45, 7) is 1.95.